The molecule has 1 aromatic heterocycles. The molecule has 2 aliphatic rings. The number of anilines is 1. The maximum atomic E-state index is 4.28. The van der Waals surface area contributed by atoms with E-state index in [1.165, 1.54) is 25.7 Å². The molecule has 2 saturated heterocycles. The predicted octanol–water partition coefficient (Wildman–Crippen LogP) is 2.74. The molecule has 0 amide bonds. The average Bonchev–Trinajstić information content (AvgIpc) is 2.69. The van der Waals surface area contributed by atoms with Gasteiger partial charge in [-0.25, -0.2) is 0 Å². The normalized spacial score (nSPS) is 34.8. The summed E-state index contributed by atoms with van der Waals surface area (Å²) in [5.74, 6) is 0. The van der Waals surface area contributed by atoms with Crippen LogP contribution in [0.3, 0.4) is 0 Å². The van der Waals surface area contributed by atoms with Crippen molar-refractivity contribution in [2.75, 3.05) is 4.90 Å². The molecule has 2 bridgehead atoms. The van der Waals surface area contributed by atoms with E-state index in [1.54, 1.807) is 11.3 Å². The molecule has 0 N–H and O–H groups in total. The van der Waals surface area contributed by atoms with Crippen LogP contribution in [-0.2, 0) is 0 Å². The van der Waals surface area contributed by atoms with Gasteiger partial charge >= 0.3 is 0 Å². The van der Waals surface area contributed by atoms with E-state index >= 15 is 0 Å². The zero-order valence-electron chi connectivity index (χ0n) is 8.69. The van der Waals surface area contributed by atoms with Gasteiger partial charge in [0.1, 0.15) is 5.01 Å². The second kappa shape index (κ2) is 3.70. The van der Waals surface area contributed by atoms with Gasteiger partial charge in [-0.3, -0.25) is 0 Å². The quantitative estimate of drug-likeness (QED) is 0.744. The first-order chi connectivity index (χ1) is 7.24. The second-order valence-electron chi connectivity index (χ2n) is 4.46. The summed E-state index contributed by atoms with van der Waals surface area (Å²) in [6.07, 6.45) is 5.17. The van der Waals surface area contributed by atoms with E-state index < -0.39 is 0 Å². The van der Waals surface area contributed by atoms with E-state index in [0.717, 1.165) is 10.1 Å². The number of piperidine rings is 1. The van der Waals surface area contributed by atoms with Gasteiger partial charge in [0, 0.05) is 16.9 Å². The third-order valence-electron chi connectivity index (χ3n) is 3.41. The van der Waals surface area contributed by atoms with Gasteiger partial charge in [-0.2, -0.15) is 0 Å². The molecule has 2 atom stereocenters. The van der Waals surface area contributed by atoms with Gasteiger partial charge in [0.25, 0.3) is 0 Å². The average molecular weight is 288 g/mol. The molecule has 0 spiro atoms. The Hall–Kier alpha value is -0.160. The third-order valence-corrected chi connectivity index (χ3v) is 5.01. The molecule has 82 valence electrons. The lowest BCUT2D eigenvalue weighted by Gasteiger charge is -2.36. The highest BCUT2D eigenvalue weighted by atomic mass is 79.9. The van der Waals surface area contributed by atoms with Crippen molar-refractivity contribution < 1.29 is 0 Å². The molecule has 1 aromatic rings. The van der Waals surface area contributed by atoms with Gasteiger partial charge in [0.05, 0.1) is 0 Å². The molecule has 2 unspecified atom stereocenters. The summed E-state index contributed by atoms with van der Waals surface area (Å²) in [4.78, 5) is 3.22. The number of nitrogens with zero attached hydrogens (tertiary/aromatic N) is 3. The Labute approximate surface area is 102 Å². The Bertz CT molecular complexity index is 353. The van der Waals surface area contributed by atoms with Crippen LogP contribution in [0, 0.1) is 6.92 Å². The van der Waals surface area contributed by atoms with Crippen LogP contribution < -0.4 is 4.90 Å². The Balaban J connectivity index is 1.88. The fraction of sp³-hybridized carbons (Fsp3) is 0.800. The molecule has 0 radical (unpaired) electrons. The molecule has 3 nitrogen and oxygen atoms in total. The zero-order valence-corrected chi connectivity index (χ0v) is 11.1. The maximum absolute atomic E-state index is 4.28. The molecular weight excluding hydrogens is 274 g/mol. The monoisotopic (exact) mass is 287 g/mol. The number of fused-ring (bicyclic) bond motifs is 2. The summed E-state index contributed by atoms with van der Waals surface area (Å²) in [6.45, 7) is 2.03. The lowest BCUT2D eigenvalue weighted by Crippen LogP contribution is -2.43. The zero-order chi connectivity index (χ0) is 10.4. The first kappa shape index (κ1) is 10.0. The van der Waals surface area contributed by atoms with Gasteiger partial charge in [-0.05, 0) is 32.6 Å². The standard InChI is InChI=1S/C10H14BrN3S/c1-6-12-13-10(15-6)14-8-2-3-9(14)5-7(11)4-8/h7-9H,2-5H2,1H3. The van der Waals surface area contributed by atoms with Crippen molar-refractivity contribution in [3.63, 3.8) is 0 Å². The Morgan fingerprint density at radius 3 is 2.47 bits per heavy atom. The SMILES string of the molecule is Cc1nnc(N2C3CCC2CC(Br)C3)s1. The molecule has 0 aliphatic carbocycles. The number of hydrogen-bond acceptors (Lipinski definition) is 4. The number of aromatic nitrogens is 2. The fourth-order valence-corrected chi connectivity index (χ4v) is 4.51. The van der Waals surface area contributed by atoms with Crippen molar-refractivity contribution in [3.8, 4) is 0 Å². The summed E-state index contributed by atoms with van der Waals surface area (Å²) < 4.78 is 0. The van der Waals surface area contributed by atoms with Crippen LogP contribution in [0.25, 0.3) is 0 Å². The minimum atomic E-state index is 0.695. The maximum Gasteiger partial charge on any atom is 0.208 e. The van der Waals surface area contributed by atoms with Crippen LogP contribution >= 0.6 is 27.3 Å². The Kier molecular flexibility index (Phi) is 2.47. The smallest absolute Gasteiger partial charge is 0.208 e. The third kappa shape index (κ3) is 1.69. The fourth-order valence-electron chi connectivity index (χ4n) is 2.81. The highest BCUT2D eigenvalue weighted by molar-refractivity contribution is 9.09. The van der Waals surface area contributed by atoms with E-state index in [2.05, 4.69) is 31.0 Å². The van der Waals surface area contributed by atoms with Crippen LogP contribution in [0.5, 0.6) is 0 Å². The van der Waals surface area contributed by atoms with Gasteiger partial charge < -0.3 is 4.90 Å². The first-order valence-electron chi connectivity index (χ1n) is 5.46. The number of rotatable bonds is 1. The molecular formula is C10H14BrN3S. The van der Waals surface area contributed by atoms with Crippen LogP contribution in [0.1, 0.15) is 30.7 Å². The second-order valence-corrected chi connectivity index (χ2v) is 6.92. The number of aryl methyl sites for hydroxylation is 1. The van der Waals surface area contributed by atoms with Gasteiger partial charge in [0.2, 0.25) is 5.13 Å². The van der Waals surface area contributed by atoms with Crippen LogP contribution in [0.4, 0.5) is 5.13 Å². The van der Waals surface area contributed by atoms with Crippen molar-refractivity contribution >= 4 is 32.4 Å². The van der Waals surface area contributed by atoms with Crippen molar-refractivity contribution in [1.82, 2.24) is 10.2 Å². The predicted molar refractivity (Wildman–Crippen MR) is 65.9 cm³/mol. The summed E-state index contributed by atoms with van der Waals surface area (Å²) in [5, 5.41) is 10.6. The van der Waals surface area contributed by atoms with E-state index in [0.29, 0.717) is 16.9 Å². The largest absolute Gasteiger partial charge is 0.341 e. The van der Waals surface area contributed by atoms with Crippen molar-refractivity contribution in [1.29, 1.82) is 0 Å². The van der Waals surface area contributed by atoms with Gasteiger partial charge in [-0.15, -0.1) is 10.2 Å². The molecule has 5 heteroatoms. The highest BCUT2D eigenvalue weighted by Crippen LogP contribution is 2.42. The summed E-state index contributed by atoms with van der Waals surface area (Å²) in [5.41, 5.74) is 0. The number of hydrogen-bond donors (Lipinski definition) is 0. The molecule has 2 aliphatic heterocycles. The molecule has 3 heterocycles. The lowest BCUT2D eigenvalue weighted by atomic mass is 10.0. The Morgan fingerprint density at radius 1 is 1.27 bits per heavy atom. The topological polar surface area (TPSA) is 29.0 Å². The highest BCUT2D eigenvalue weighted by Gasteiger charge is 2.41. The summed E-state index contributed by atoms with van der Waals surface area (Å²) in [6, 6.07) is 1.39. The van der Waals surface area contributed by atoms with E-state index in [9.17, 15) is 0 Å². The molecule has 0 aromatic carbocycles. The van der Waals surface area contributed by atoms with Gasteiger partial charge in [-0.1, -0.05) is 27.3 Å². The Morgan fingerprint density at radius 2 is 1.93 bits per heavy atom. The van der Waals surface area contributed by atoms with Crippen molar-refractivity contribution in [2.45, 2.75) is 49.5 Å². The minimum absolute atomic E-state index is 0.695. The van der Waals surface area contributed by atoms with E-state index in [1.807, 2.05) is 6.92 Å². The molecule has 3 rings (SSSR count). The van der Waals surface area contributed by atoms with E-state index in [-0.39, 0.29) is 0 Å². The van der Waals surface area contributed by atoms with Crippen LogP contribution in [0.15, 0.2) is 0 Å². The van der Waals surface area contributed by atoms with Crippen LogP contribution in [0.2, 0.25) is 0 Å². The molecule has 2 fully saturated rings. The molecule has 0 saturated carbocycles. The van der Waals surface area contributed by atoms with Crippen LogP contribution in [-0.4, -0.2) is 27.1 Å². The minimum Gasteiger partial charge on any atom is -0.341 e. The lowest BCUT2D eigenvalue weighted by molar-refractivity contribution is 0.481. The first-order valence-corrected chi connectivity index (χ1v) is 7.20. The van der Waals surface area contributed by atoms with Gasteiger partial charge in [0.15, 0.2) is 0 Å². The summed E-state index contributed by atoms with van der Waals surface area (Å²) in [7, 11) is 0. The number of halogens is 1. The van der Waals surface area contributed by atoms with Crippen molar-refractivity contribution in [3.05, 3.63) is 5.01 Å². The number of alkyl halides is 1. The molecule has 15 heavy (non-hydrogen) atoms. The summed E-state index contributed by atoms with van der Waals surface area (Å²) >= 11 is 5.49. The van der Waals surface area contributed by atoms with Crippen molar-refractivity contribution in [2.24, 2.45) is 0 Å². The van der Waals surface area contributed by atoms with E-state index in [4.69, 9.17) is 0 Å².